The molecular weight excluding hydrogens is 255 g/mol. The number of ketones is 1. The molecule has 0 aromatic heterocycles. The van der Waals surface area contributed by atoms with Crippen LogP contribution >= 0.6 is 23.2 Å². The summed E-state index contributed by atoms with van der Waals surface area (Å²) < 4.78 is 0. The minimum Gasteiger partial charge on any atom is -0.410 e. The normalized spacial score (nSPS) is 17.2. The maximum Gasteiger partial charge on any atom is 0.281 e. The van der Waals surface area contributed by atoms with Crippen LogP contribution in [-0.4, -0.2) is 22.6 Å². The first-order valence-electron chi connectivity index (χ1n) is 4.11. The smallest absolute Gasteiger partial charge is 0.281 e. The first-order chi connectivity index (χ1) is 7.54. The molecule has 0 spiro atoms. The molecular formula is C9H4Cl2N2O3. The van der Waals surface area contributed by atoms with Gasteiger partial charge in [0, 0.05) is 5.02 Å². The van der Waals surface area contributed by atoms with Crippen molar-refractivity contribution in [2.75, 3.05) is 5.32 Å². The summed E-state index contributed by atoms with van der Waals surface area (Å²) in [5, 5.41) is 13.9. The van der Waals surface area contributed by atoms with Gasteiger partial charge in [0.05, 0.1) is 16.3 Å². The van der Waals surface area contributed by atoms with Crippen molar-refractivity contribution in [1.29, 1.82) is 0 Å². The molecule has 2 rings (SSSR count). The van der Waals surface area contributed by atoms with E-state index in [9.17, 15) is 9.59 Å². The summed E-state index contributed by atoms with van der Waals surface area (Å²) in [4.78, 5) is 23.0. The second kappa shape index (κ2) is 3.77. The van der Waals surface area contributed by atoms with Crippen molar-refractivity contribution < 1.29 is 14.8 Å². The Morgan fingerprint density at radius 1 is 1.25 bits per heavy atom. The summed E-state index contributed by atoms with van der Waals surface area (Å²) in [5.74, 6) is -1.53. The van der Waals surface area contributed by atoms with Crippen molar-refractivity contribution in [3.63, 3.8) is 0 Å². The van der Waals surface area contributed by atoms with E-state index >= 15 is 0 Å². The number of hydrogen-bond acceptors (Lipinski definition) is 4. The molecule has 0 unspecified atom stereocenters. The highest BCUT2D eigenvalue weighted by atomic mass is 35.5. The van der Waals surface area contributed by atoms with Gasteiger partial charge in [0.15, 0.2) is 0 Å². The second-order valence-corrected chi connectivity index (χ2v) is 3.89. The van der Waals surface area contributed by atoms with Gasteiger partial charge in [-0.1, -0.05) is 28.4 Å². The number of carbonyl (C=O) groups is 2. The van der Waals surface area contributed by atoms with Gasteiger partial charge in [-0.25, -0.2) is 0 Å². The van der Waals surface area contributed by atoms with Gasteiger partial charge in [0.2, 0.25) is 11.5 Å². The lowest BCUT2D eigenvalue weighted by atomic mass is 10.00. The van der Waals surface area contributed by atoms with Crippen LogP contribution in [0.4, 0.5) is 5.69 Å². The Hall–Kier alpha value is -1.59. The molecule has 1 aromatic rings. The van der Waals surface area contributed by atoms with E-state index in [4.69, 9.17) is 28.4 Å². The summed E-state index contributed by atoms with van der Waals surface area (Å²) in [7, 11) is 0. The highest BCUT2D eigenvalue weighted by molar-refractivity contribution is 6.73. The fraction of sp³-hybridized carbons (Fsp3) is 0. The van der Waals surface area contributed by atoms with Crippen LogP contribution in [0.3, 0.4) is 0 Å². The number of rotatable bonds is 0. The molecule has 0 saturated heterocycles. The van der Waals surface area contributed by atoms with E-state index < -0.39 is 17.4 Å². The lowest BCUT2D eigenvalue weighted by molar-refractivity contribution is -0.110. The number of halogens is 2. The van der Waals surface area contributed by atoms with Crippen molar-refractivity contribution in [1.82, 2.24) is 0 Å². The van der Waals surface area contributed by atoms with Gasteiger partial charge in [-0.2, -0.15) is 0 Å². The van der Waals surface area contributed by atoms with Gasteiger partial charge in [0.1, 0.15) is 0 Å². The number of fused-ring (bicyclic) bond motifs is 1. The molecule has 5 nitrogen and oxygen atoms in total. The Morgan fingerprint density at radius 2 is 1.94 bits per heavy atom. The molecule has 1 heterocycles. The average molecular weight is 259 g/mol. The van der Waals surface area contributed by atoms with Crippen molar-refractivity contribution in [2.45, 2.75) is 0 Å². The highest BCUT2D eigenvalue weighted by Crippen LogP contribution is 2.32. The third kappa shape index (κ3) is 1.54. The quantitative estimate of drug-likeness (QED) is 0.552. The Bertz CT molecular complexity index is 540. The summed E-state index contributed by atoms with van der Waals surface area (Å²) in [6, 6.07) is 2.76. The van der Waals surface area contributed by atoms with E-state index in [-0.39, 0.29) is 16.3 Å². The first kappa shape index (κ1) is 10.9. The highest BCUT2D eigenvalue weighted by Gasteiger charge is 2.32. The van der Waals surface area contributed by atoms with Gasteiger partial charge in [-0.05, 0) is 12.1 Å². The molecule has 0 atom stereocenters. The Balaban J connectivity index is 2.69. The topological polar surface area (TPSA) is 78.8 Å². The molecule has 82 valence electrons. The molecule has 7 heteroatoms. The van der Waals surface area contributed by atoms with E-state index in [0.29, 0.717) is 5.02 Å². The molecule has 16 heavy (non-hydrogen) atoms. The van der Waals surface area contributed by atoms with Crippen LogP contribution in [0.1, 0.15) is 10.4 Å². The standard InChI is InChI=1S/C9H4Cl2N2O3/c10-3-1-4(11)6-5(2-3)12-9(15)7(13-16)8(6)14/h1-2,16H,(H,12,15). The maximum absolute atomic E-state index is 11.7. The zero-order valence-corrected chi connectivity index (χ0v) is 9.13. The number of hydrogen-bond donors (Lipinski definition) is 2. The van der Waals surface area contributed by atoms with Crippen molar-refractivity contribution in [3.05, 3.63) is 27.7 Å². The molecule has 0 aliphatic carbocycles. The lowest BCUT2D eigenvalue weighted by Gasteiger charge is -2.17. The molecule has 0 fully saturated rings. The van der Waals surface area contributed by atoms with Crippen LogP contribution in [-0.2, 0) is 4.79 Å². The third-order valence-electron chi connectivity index (χ3n) is 2.06. The largest absolute Gasteiger partial charge is 0.410 e. The number of Topliss-reactive ketones (excluding diaryl/α,β-unsaturated/α-hetero) is 1. The Morgan fingerprint density at radius 3 is 2.56 bits per heavy atom. The van der Waals surface area contributed by atoms with Gasteiger partial charge < -0.3 is 10.5 Å². The monoisotopic (exact) mass is 258 g/mol. The fourth-order valence-electron chi connectivity index (χ4n) is 1.40. The molecule has 0 bridgehead atoms. The first-order valence-corrected chi connectivity index (χ1v) is 4.87. The summed E-state index contributed by atoms with van der Waals surface area (Å²) >= 11 is 11.5. The number of oxime groups is 1. The molecule has 0 saturated carbocycles. The van der Waals surface area contributed by atoms with Crippen LogP contribution in [0.5, 0.6) is 0 Å². The number of amides is 1. The van der Waals surface area contributed by atoms with Gasteiger partial charge >= 0.3 is 0 Å². The number of nitrogens with zero attached hydrogens (tertiary/aromatic N) is 1. The molecule has 1 aliphatic rings. The van der Waals surface area contributed by atoms with E-state index in [1.54, 1.807) is 0 Å². The summed E-state index contributed by atoms with van der Waals surface area (Å²) in [5.41, 5.74) is -0.324. The predicted octanol–water partition coefficient (Wildman–Crippen LogP) is 1.96. The van der Waals surface area contributed by atoms with E-state index in [0.717, 1.165) is 0 Å². The number of benzene rings is 1. The van der Waals surface area contributed by atoms with Gasteiger partial charge in [-0.15, -0.1) is 0 Å². The van der Waals surface area contributed by atoms with Crippen LogP contribution in [0.2, 0.25) is 10.0 Å². The molecule has 1 aromatic carbocycles. The van der Waals surface area contributed by atoms with Crippen molar-refractivity contribution >= 4 is 46.3 Å². The number of carbonyl (C=O) groups excluding carboxylic acids is 2. The van der Waals surface area contributed by atoms with E-state index in [1.165, 1.54) is 12.1 Å². The van der Waals surface area contributed by atoms with Crippen LogP contribution in [0, 0.1) is 0 Å². The molecule has 1 amide bonds. The summed E-state index contributed by atoms with van der Waals surface area (Å²) in [6.45, 7) is 0. The maximum atomic E-state index is 11.7. The number of nitrogens with one attached hydrogen (secondary N) is 1. The van der Waals surface area contributed by atoms with Crippen LogP contribution in [0.15, 0.2) is 17.3 Å². The van der Waals surface area contributed by atoms with Crippen molar-refractivity contribution in [3.8, 4) is 0 Å². The van der Waals surface area contributed by atoms with Crippen LogP contribution < -0.4 is 5.32 Å². The zero-order valence-electron chi connectivity index (χ0n) is 7.62. The average Bonchev–Trinajstić information content (AvgIpc) is 2.15. The minimum absolute atomic E-state index is 0.0680. The van der Waals surface area contributed by atoms with Gasteiger partial charge in [-0.3, -0.25) is 9.59 Å². The van der Waals surface area contributed by atoms with E-state index in [2.05, 4.69) is 10.5 Å². The number of anilines is 1. The van der Waals surface area contributed by atoms with Crippen molar-refractivity contribution in [2.24, 2.45) is 5.16 Å². The molecule has 2 N–H and O–H groups in total. The van der Waals surface area contributed by atoms with Crippen LogP contribution in [0.25, 0.3) is 0 Å². The zero-order chi connectivity index (χ0) is 11.9. The second-order valence-electron chi connectivity index (χ2n) is 3.04. The SMILES string of the molecule is O=C1Nc2cc(Cl)cc(Cl)c2C(=O)C1=NO. The predicted molar refractivity (Wildman–Crippen MR) is 58.6 cm³/mol. The minimum atomic E-state index is -0.793. The Labute approximate surface area is 99.6 Å². The van der Waals surface area contributed by atoms with Gasteiger partial charge in [0.25, 0.3) is 5.91 Å². The van der Waals surface area contributed by atoms with E-state index in [1.807, 2.05) is 0 Å². The third-order valence-corrected chi connectivity index (χ3v) is 2.58. The summed E-state index contributed by atoms with van der Waals surface area (Å²) in [6.07, 6.45) is 0. The lowest BCUT2D eigenvalue weighted by Crippen LogP contribution is -2.36. The Kier molecular flexibility index (Phi) is 2.57. The molecule has 0 radical (unpaired) electrons. The molecule has 1 aliphatic heterocycles. The fourth-order valence-corrected chi connectivity index (χ4v) is 1.98.